The van der Waals surface area contributed by atoms with E-state index < -0.39 is 0 Å². The number of hydrogen-bond acceptors (Lipinski definition) is 3. The molecule has 6 nitrogen and oxygen atoms in total. The van der Waals surface area contributed by atoms with Crippen molar-refractivity contribution in [3.63, 3.8) is 0 Å². The Labute approximate surface area is 147 Å². The fourth-order valence-corrected chi connectivity index (χ4v) is 4.65. The number of fused-ring (bicyclic) bond motifs is 2. The zero-order valence-electron chi connectivity index (χ0n) is 14.6. The van der Waals surface area contributed by atoms with Gasteiger partial charge in [-0.15, -0.1) is 0 Å². The Kier molecular flexibility index (Phi) is 4.15. The molecule has 3 fully saturated rings. The summed E-state index contributed by atoms with van der Waals surface area (Å²) in [5, 5.41) is 12.3. The van der Waals surface area contributed by atoms with E-state index in [9.17, 15) is 14.7 Å². The lowest BCUT2D eigenvalue weighted by Gasteiger charge is -2.38. The highest BCUT2D eigenvalue weighted by Gasteiger charge is 2.43. The molecule has 0 spiro atoms. The third-order valence-electron chi connectivity index (χ3n) is 5.93. The molecule has 0 saturated carbocycles. The van der Waals surface area contributed by atoms with E-state index in [0.29, 0.717) is 24.6 Å². The number of nitrogens with one attached hydrogen (secondary N) is 1. The molecule has 0 aliphatic carbocycles. The van der Waals surface area contributed by atoms with Crippen LogP contribution in [0.5, 0.6) is 0 Å². The molecule has 6 heteroatoms. The van der Waals surface area contributed by atoms with Gasteiger partial charge in [-0.3, -0.25) is 9.69 Å². The molecule has 3 heterocycles. The summed E-state index contributed by atoms with van der Waals surface area (Å²) in [6.07, 6.45) is 3.85. The smallest absolute Gasteiger partial charge is 0.322 e. The average molecular weight is 343 g/mol. The molecule has 3 aliphatic heterocycles. The Morgan fingerprint density at radius 1 is 1.28 bits per heavy atom. The maximum absolute atomic E-state index is 13.2. The summed E-state index contributed by atoms with van der Waals surface area (Å²) >= 11 is 0. The summed E-state index contributed by atoms with van der Waals surface area (Å²) in [5.41, 5.74) is 2.47. The van der Waals surface area contributed by atoms with Crippen LogP contribution in [0.15, 0.2) is 18.2 Å². The number of aliphatic hydroxyl groups is 1. The number of carbonyl (C=O) groups excluding carboxylic acids is 2. The minimum atomic E-state index is -0.100. The highest BCUT2D eigenvalue weighted by atomic mass is 16.3. The third kappa shape index (κ3) is 2.78. The second kappa shape index (κ2) is 6.33. The minimum Gasteiger partial charge on any atom is -0.396 e. The molecule has 1 aromatic rings. The number of rotatable bonds is 3. The number of aryl methyl sites for hydroxylation is 1. The Balaban J connectivity index is 1.60. The van der Waals surface area contributed by atoms with Crippen molar-refractivity contribution in [3.8, 4) is 0 Å². The van der Waals surface area contributed by atoms with Gasteiger partial charge in [-0.1, -0.05) is 6.07 Å². The summed E-state index contributed by atoms with van der Waals surface area (Å²) in [7, 11) is 0. The average Bonchev–Trinajstić information content (AvgIpc) is 3.15. The fraction of sp³-hybridized carbons (Fsp3) is 0.579. The maximum Gasteiger partial charge on any atom is 0.322 e. The van der Waals surface area contributed by atoms with E-state index in [1.807, 2.05) is 30.0 Å². The Morgan fingerprint density at radius 2 is 2.00 bits per heavy atom. The lowest BCUT2D eigenvalue weighted by atomic mass is 9.91. The second-order valence-corrected chi connectivity index (χ2v) is 7.50. The maximum atomic E-state index is 13.2. The van der Waals surface area contributed by atoms with Crippen LogP contribution in [0.25, 0.3) is 0 Å². The first kappa shape index (κ1) is 16.4. The molecule has 3 atom stereocenters. The van der Waals surface area contributed by atoms with Gasteiger partial charge in [-0.2, -0.15) is 0 Å². The van der Waals surface area contributed by atoms with Crippen molar-refractivity contribution >= 4 is 17.6 Å². The van der Waals surface area contributed by atoms with Gasteiger partial charge in [0.2, 0.25) is 0 Å². The van der Waals surface area contributed by atoms with Crippen LogP contribution in [0.2, 0.25) is 0 Å². The highest BCUT2D eigenvalue weighted by Crippen LogP contribution is 2.39. The van der Waals surface area contributed by atoms with Gasteiger partial charge in [0.25, 0.3) is 5.91 Å². The van der Waals surface area contributed by atoms with Gasteiger partial charge in [0.05, 0.1) is 0 Å². The van der Waals surface area contributed by atoms with Crippen LogP contribution in [0.3, 0.4) is 0 Å². The Hall–Kier alpha value is -2.08. The molecule has 3 saturated heterocycles. The molecule has 1 aromatic carbocycles. The molecule has 0 radical (unpaired) electrons. The lowest BCUT2D eigenvalue weighted by Crippen LogP contribution is -2.47. The van der Waals surface area contributed by atoms with Gasteiger partial charge in [-0.05, 0) is 56.2 Å². The van der Waals surface area contributed by atoms with E-state index in [1.165, 1.54) is 0 Å². The number of aliphatic hydroxyl groups excluding tert-OH is 1. The first-order valence-electron chi connectivity index (χ1n) is 9.18. The quantitative estimate of drug-likeness (QED) is 0.880. The van der Waals surface area contributed by atoms with Crippen LogP contribution in [-0.4, -0.2) is 53.7 Å². The number of amides is 3. The number of nitrogens with zero attached hydrogens (tertiary/aromatic N) is 2. The summed E-state index contributed by atoms with van der Waals surface area (Å²) in [6.45, 7) is 3.44. The van der Waals surface area contributed by atoms with E-state index in [-0.39, 0.29) is 30.6 Å². The molecular weight excluding hydrogens is 318 g/mol. The van der Waals surface area contributed by atoms with Crippen LogP contribution in [0.4, 0.5) is 10.5 Å². The van der Waals surface area contributed by atoms with Crippen LogP contribution in [0.1, 0.15) is 41.6 Å². The van der Waals surface area contributed by atoms with Crippen LogP contribution >= 0.6 is 0 Å². The predicted molar refractivity (Wildman–Crippen MR) is 94.7 cm³/mol. The van der Waals surface area contributed by atoms with Gasteiger partial charge in [0.1, 0.15) is 0 Å². The summed E-state index contributed by atoms with van der Waals surface area (Å²) < 4.78 is 0. The van der Waals surface area contributed by atoms with E-state index in [2.05, 4.69) is 5.32 Å². The number of carbonyl (C=O) groups is 2. The van der Waals surface area contributed by atoms with Gasteiger partial charge >= 0.3 is 6.03 Å². The molecule has 3 aliphatic rings. The summed E-state index contributed by atoms with van der Waals surface area (Å²) in [6, 6.07) is 6.03. The SMILES string of the molecule is Cc1ccc(C(=O)N2[C@@H]3CC[C@H]2CC(CO)C3)cc1N1CCNC1=O. The Bertz CT molecular complexity index is 691. The monoisotopic (exact) mass is 343 g/mol. The van der Waals surface area contributed by atoms with Crippen LogP contribution < -0.4 is 10.2 Å². The first-order valence-corrected chi connectivity index (χ1v) is 9.18. The molecule has 2 N–H and O–H groups in total. The lowest BCUT2D eigenvalue weighted by molar-refractivity contribution is 0.0453. The molecule has 2 bridgehead atoms. The van der Waals surface area contributed by atoms with Crippen LogP contribution in [-0.2, 0) is 0 Å². The van der Waals surface area contributed by atoms with Gasteiger partial charge < -0.3 is 15.3 Å². The van der Waals surface area contributed by atoms with Crippen molar-refractivity contribution in [2.24, 2.45) is 5.92 Å². The van der Waals surface area contributed by atoms with Crippen molar-refractivity contribution in [2.75, 3.05) is 24.6 Å². The Morgan fingerprint density at radius 3 is 2.60 bits per heavy atom. The number of benzene rings is 1. The third-order valence-corrected chi connectivity index (χ3v) is 5.93. The van der Waals surface area contributed by atoms with Gasteiger partial charge in [-0.25, -0.2) is 4.79 Å². The van der Waals surface area contributed by atoms with Gasteiger partial charge in [0, 0.05) is 43.0 Å². The highest BCUT2D eigenvalue weighted by molar-refractivity contribution is 5.99. The van der Waals surface area contributed by atoms with Gasteiger partial charge in [0.15, 0.2) is 0 Å². The molecule has 3 amide bonds. The molecule has 4 rings (SSSR count). The molecule has 0 aromatic heterocycles. The van der Waals surface area contributed by atoms with Crippen molar-refractivity contribution in [1.29, 1.82) is 0 Å². The first-order chi connectivity index (χ1) is 12.1. The van der Waals surface area contributed by atoms with Crippen molar-refractivity contribution in [1.82, 2.24) is 10.2 Å². The van der Waals surface area contributed by atoms with Crippen molar-refractivity contribution < 1.29 is 14.7 Å². The topological polar surface area (TPSA) is 72.9 Å². The fourth-order valence-electron chi connectivity index (χ4n) is 4.65. The predicted octanol–water partition coefficient (Wildman–Crippen LogP) is 1.90. The van der Waals surface area contributed by atoms with E-state index in [0.717, 1.165) is 36.9 Å². The van der Waals surface area contributed by atoms with Crippen molar-refractivity contribution in [3.05, 3.63) is 29.3 Å². The number of piperidine rings is 1. The van der Waals surface area contributed by atoms with E-state index in [1.54, 1.807) is 4.90 Å². The zero-order chi connectivity index (χ0) is 17.6. The standard InChI is InChI=1S/C19H25N3O3/c1-12-2-3-14(10-17(12)21-7-6-20-19(21)25)18(24)22-15-4-5-16(22)9-13(8-15)11-23/h2-3,10,13,15-16,23H,4-9,11H2,1H3,(H,20,25)/t13?,15-,16+. The number of urea groups is 1. The zero-order valence-corrected chi connectivity index (χ0v) is 14.6. The largest absolute Gasteiger partial charge is 0.396 e. The molecule has 1 unspecified atom stereocenters. The second-order valence-electron chi connectivity index (χ2n) is 7.50. The molecular formula is C19H25N3O3. The molecule has 25 heavy (non-hydrogen) atoms. The minimum absolute atomic E-state index is 0.0599. The normalized spacial score (nSPS) is 28.4. The van der Waals surface area contributed by atoms with E-state index in [4.69, 9.17) is 0 Å². The molecule has 134 valence electrons. The number of hydrogen-bond donors (Lipinski definition) is 2. The summed E-state index contributed by atoms with van der Waals surface area (Å²) in [5.74, 6) is 0.383. The van der Waals surface area contributed by atoms with Crippen molar-refractivity contribution in [2.45, 2.75) is 44.7 Å². The van der Waals surface area contributed by atoms with E-state index >= 15 is 0 Å². The number of anilines is 1. The summed E-state index contributed by atoms with van der Waals surface area (Å²) in [4.78, 5) is 28.9. The van der Waals surface area contributed by atoms with Crippen LogP contribution in [0, 0.1) is 12.8 Å².